The summed E-state index contributed by atoms with van der Waals surface area (Å²) < 4.78 is 10.4. The Morgan fingerprint density at radius 2 is 1.95 bits per heavy atom. The summed E-state index contributed by atoms with van der Waals surface area (Å²) in [5.41, 5.74) is 0.866. The van der Waals surface area contributed by atoms with Crippen LogP contribution in [0.25, 0.3) is 0 Å². The molecule has 6 nitrogen and oxygen atoms in total. The molecule has 0 unspecified atom stereocenters. The average molecular weight is 267 g/mol. The largest absolute Gasteiger partial charge is 0.497 e. The first kappa shape index (κ1) is 15.1. The van der Waals surface area contributed by atoms with Crippen LogP contribution in [0.5, 0.6) is 11.5 Å². The van der Waals surface area contributed by atoms with Gasteiger partial charge >= 0.3 is 6.03 Å². The van der Waals surface area contributed by atoms with Gasteiger partial charge in [0.15, 0.2) is 0 Å². The normalized spacial score (nSPS) is 9.84. The van der Waals surface area contributed by atoms with Crippen LogP contribution in [0.15, 0.2) is 18.2 Å². The standard InChI is InChI=1S/C13H21N3O3/c1-14-6-7-15-13(17)16-9-10-8-11(18-2)4-5-12(10)19-3/h4-5,8,14H,6-7,9H2,1-3H3,(H2,15,16,17). The van der Waals surface area contributed by atoms with Gasteiger partial charge < -0.3 is 25.4 Å². The van der Waals surface area contributed by atoms with Gasteiger partial charge in [0.2, 0.25) is 0 Å². The maximum absolute atomic E-state index is 11.5. The third kappa shape index (κ3) is 5.05. The van der Waals surface area contributed by atoms with Crippen LogP contribution in [0.4, 0.5) is 4.79 Å². The number of benzene rings is 1. The minimum Gasteiger partial charge on any atom is -0.497 e. The molecule has 0 bridgehead atoms. The molecule has 1 rings (SSSR count). The molecule has 0 aromatic heterocycles. The minimum atomic E-state index is -0.208. The molecule has 0 heterocycles. The predicted octanol–water partition coefficient (Wildman–Crippen LogP) is 0.722. The molecule has 3 N–H and O–H groups in total. The molecule has 6 heteroatoms. The Kier molecular flexibility index (Phi) is 6.52. The first-order chi connectivity index (χ1) is 9.21. The highest BCUT2D eigenvalue weighted by atomic mass is 16.5. The molecule has 2 amide bonds. The molecule has 106 valence electrons. The summed E-state index contributed by atoms with van der Waals surface area (Å²) in [7, 11) is 5.03. The molecule has 0 saturated carbocycles. The lowest BCUT2D eigenvalue weighted by Gasteiger charge is -2.12. The molecule has 0 spiro atoms. The fourth-order valence-corrected chi connectivity index (χ4v) is 1.56. The van der Waals surface area contributed by atoms with Gasteiger partial charge in [0.25, 0.3) is 0 Å². The van der Waals surface area contributed by atoms with Crippen molar-refractivity contribution in [2.24, 2.45) is 0 Å². The number of rotatable bonds is 7. The molecule has 0 aliphatic rings. The Hall–Kier alpha value is -1.95. The summed E-state index contributed by atoms with van der Waals surface area (Å²) in [4.78, 5) is 11.5. The van der Waals surface area contributed by atoms with Crippen molar-refractivity contribution in [2.75, 3.05) is 34.4 Å². The van der Waals surface area contributed by atoms with E-state index in [0.29, 0.717) is 13.1 Å². The van der Waals surface area contributed by atoms with Crippen LogP contribution < -0.4 is 25.4 Å². The number of carbonyl (C=O) groups excluding carboxylic acids is 1. The van der Waals surface area contributed by atoms with Gasteiger partial charge in [-0.15, -0.1) is 0 Å². The van der Waals surface area contributed by atoms with Crippen molar-refractivity contribution in [3.63, 3.8) is 0 Å². The lowest BCUT2D eigenvalue weighted by molar-refractivity contribution is 0.240. The van der Waals surface area contributed by atoms with E-state index in [1.807, 2.05) is 25.2 Å². The number of hydrogen-bond acceptors (Lipinski definition) is 4. The van der Waals surface area contributed by atoms with Crippen molar-refractivity contribution < 1.29 is 14.3 Å². The molecule has 0 saturated heterocycles. The van der Waals surface area contributed by atoms with Gasteiger partial charge in [-0.05, 0) is 25.2 Å². The Labute approximate surface area is 113 Å². The Balaban J connectivity index is 2.53. The highest BCUT2D eigenvalue weighted by molar-refractivity contribution is 5.73. The number of carbonyl (C=O) groups is 1. The summed E-state index contributed by atoms with van der Waals surface area (Å²) >= 11 is 0. The van der Waals surface area contributed by atoms with E-state index >= 15 is 0 Å². The van der Waals surface area contributed by atoms with Gasteiger partial charge in [-0.2, -0.15) is 0 Å². The summed E-state index contributed by atoms with van der Waals surface area (Å²) in [6, 6.07) is 5.26. The summed E-state index contributed by atoms with van der Waals surface area (Å²) in [5.74, 6) is 1.45. The molecule has 19 heavy (non-hydrogen) atoms. The van der Waals surface area contributed by atoms with E-state index in [2.05, 4.69) is 16.0 Å². The molecule has 1 aromatic rings. The lowest BCUT2D eigenvalue weighted by Crippen LogP contribution is -2.38. The number of likely N-dealkylation sites (N-methyl/N-ethyl adjacent to an activating group) is 1. The first-order valence-corrected chi connectivity index (χ1v) is 6.08. The van der Waals surface area contributed by atoms with Crippen molar-refractivity contribution >= 4 is 6.03 Å². The fourth-order valence-electron chi connectivity index (χ4n) is 1.56. The van der Waals surface area contributed by atoms with Gasteiger partial charge in [-0.1, -0.05) is 0 Å². The summed E-state index contributed by atoms with van der Waals surface area (Å²) in [6.45, 7) is 1.69. The number of hydrogen-bond donors (Lipinski definition) is 3. The molecule has 0 radical (unpaired) electrons. The maximum Gasteiger partial charge on any atom is 0.315 e. The first-order valence-electron chi connectivity index (χ1n) is 6.08. The molecule has 0 fully saturated rings. The monoisotopic (exact) mass is 267 g/mol. The van der Waals surface area contributed by atoms with E-state index in [4.69, 9.17) is 9.47 Å². The zero-order valence-corrected chi connectivity index (χ0v) is 11.6. The minimum absolute atomic E-state index is 0.208. The van der Waals surface area contributed by atoms with Crippen molar-refractivity contribution in [2.45, 2.75) is 6.54 Å². The smallest absolute Gasteiger partial charge is 0.315 e. The van der Waals surface area contributed by atoms with E-state index < -0.39 is 0 Å². The van der Waals surface area contributed by atoms with E-state index in [-0.39, 0.29) is 6.03 Å². The second kappa shape index (κ2) is 8.20. The van der Waals surface area contributed by atoms with E-state index in [1.165, 1.54) is 0 Å². The van der Waals surface area contributed by atoms with Crippen LogP contribution in [0.3, 0.4) is 0 Å². The lowest BCUT2D eigenvalue weighted by atomic mass is 10.2. The van der Waals surface area contributed by atoms with Crippen molar-refractivity contribution in [3.8, 4) is 11.5 Å². The topological polar surface area (TPSA) is 71.6 Å². The van der Waals surface area contributed by atoms with E-state index in [0.717, 1.165) is 23.6 Å². The van der Waals surface area contributed by atoms with Crippen LogP contribution in [0, 0.1) is 0 Å². The van der Waals surface area contributed by atoms with Gasteiger partial charge in [-0.3, -0.25) is 0 Å². The number of methoxy groups -OCH3 is 2. The highest BCUT2D eigenvalue weighted by Gasteiger charge is 2.06. The van der Waals surface area contributed by atoms with Crippen LogP contribution >= 0.6 is 0 Å². The van der Waals surface area contributed by atoms with Gasteiger partial charge in [0.05, 0.1) is 14.2 Å². The summed E-state index contributed by atoms with van der Waals surface area (Å²) in [5, 5.41) is 8.46. The Bertz CT molecular complexity index is 410. The van der Waals surface area contributed by atoms with E-state index in [1.54, 1.807) is 14.2 Å². The molecular formula is C13H21N3O3. The molecule has 0 atom stereocenters. The van der Waals surface area contributed by atoms with Gasteiger partial charge in [0.1, 0.15) is 11.5 Å². The van der Waals surface area contributed by atoms with Crippen LogP contribution in [0.2, 0.25) is 0 Å². The predicted molar refractivity (Wildman–Crippen MR) is 73.7 cm³/mol. The van der Waals surface area contributed by atoms with Gasteiger partial charge in [-0.25, -0.2) is 4.79 Å². The average Bonchev–Trinajstić information content (AvgIpc) is 2.45. The quantitative estimate of drug-likeness (QED) is 0.637. The number of nitrogens with one attached hydrogen (secondary N) is 3. The van der Waals surface area contributed by atoms with Crippen LogP contribution in [-0.2, 0) is 6.54 Å². The second-order valence-corrected chi connectivity index (χ2v) is 3.89. The van der Waals surface area contributed by atoms with E-state index in [9.17, 15) is 4.79 Å². The third-order valence-electron chi connectivity index (χ3n) is 2.59. The number of urea groups is 1. The van der Waals surface area contributed by atoms with Crippen molar-refractivity contribution in [1.29, 1.82) is 0 Å². The Morgan fingerprint density at radius 1 is 1.16 bits per heavy atom. The van der Waals surface area contributed by atoms with Crippen LogP contribution in [-0.4, -0.2) is 40.4 Å². The van der Waals surface area contributed by atoms with Crippen molar-refractivity contribution in [1.82, 2.24) is 16.0 Å². The highest BCUT2D eigenvalue weighted by Crippen LogP contribution is 2.23. The Morgan fingerprint density at radius 3 is 2.58 bits per heavy atom. The van der Waals surface area contributed by atoms with Crippen molar-refractivity contribution in [3.05, 3.63) is 23.8 Å². The molecule has 1 aromatic carbocycles. The molecule has 0 aliphatic heterocycles. The fraction of sp³-hybridized carbons (Fsp3) is 0.462. The molecule has 0 aliphatic carbocycles. The number of ether oxygens (including phenoxy) is 2. The summed E-state index contributed by atoms with van der Waals surface area (Å²) in [6.07, 6.45) is 0. The maximum atomic E-state index is 11.5. The number of amides is 2. The zero-order valence-electron chi connectivity index (χ0n) is 11.6. The molecular weight excluding hydrogens is 246 g/mol. The zero-order chi connectivity index (χ0) is 14.1. The van der Waals surface area contributed by atoms with Crippen LogP contribution in [0.1, 0.15) is 5.56 Å². The SMILES string of the molecule is CNCCNC(=O)NCc1cc(OC)ccc1OC. The third-order valence-corrected chi connectivity index (χ3v) is 2.59. The second-order valence-electron chi connectivity index (χ2n) is 3.89. The van der Waals surface area contributed by atoms with Gasteiger partial charge in [0, 0.05) is 25.2 Å².